The van der Waals surface area contributed by atoms with Gasteiger partial charge in [-0.2, -0.15) is 13.2 Å². The van der Waals surface area contributed by atoms with E-state index in [0.29, 0.717) is 32.7 Å². The molecule has 18 atom stereocenters. The van der Waals surface area contributed by atoms with Crippen molar-refractivity contribution in [3.05, 3.63) is 0 Å². The van der Waals surface area contributed by atoms with Crippen molar-refractivity contribution in [2.75, 3.05) is 53.6 Å². The van der Waals surface area contributed by atoms with E-state index in [9.17, 15) is 33.3 Å². The summed E-state index contributed by atoms with van der Waals surface area (Å²) in [4.78, 5) is 16.7. The second-order valence-electron chi connectivity index (χ2n) is 19.0. The molecule has 0 spiro atoms. The molecule has 0 saturated carbocycles. The first-order valence-electron chi connectivity index (χ1n) is 22.3. The number of ether oxygens (including phenoxy) is 8. The van der Waals surface area contributed by atoms with Crippen molar-refractivity contribution >= 4 is 5.97 Å². The summed E-state index contributed by atoms with van der Waals surface area (Å²) < 4.78 is 92.0. The fraction of sp³-hybridized carbons (Fsp3) is 0.977. The molecule has 0 radical (unpaired) electrons. The van der Waals surface area contributed by atoms with Crippen molar-refractivity contribution in [2.45, 2.75) is 192 Å². The van der Waals surface area contributed by atoms with Gasteiger partial charge in [-0.15, -0.1) is 0 Å². The third-order valence-electron chi connectivity index (χ3n) is 13.7. The highest BCUT2D eigenvalue weighted by Gasteiger charge is 2.53. The number of rotatable bonds is 11. The summed E-state index contributed by atoms with van der Waals surface area (Å²) in [7, 11) is 2.80. The molecule has 15 nitrogen and oxygen atoms in total. The molecule has 0 aromatic rings. The number of aliphatic hydroxyl groups excluding tert-OH is 1. The maximum absolute atomic E-state index is 14.4. The lowest BCUT2D eigenvalue weighted by atomic mass is 9.77. The number of esters is 1. The lowest BCUT2D eigenvalue weighted by Gasteiger charge is -2.50. The van der Waals surface area contributed by atoms with Crippen LogP contribution >= 0.6 is 0 Å². The molecule has 0 bridgehead atoms. The van der Waals surface area contributed by atoms with Crippen LogP contribution in [0.2, 0.25) is 0 Å². The van der Waals surface area contributed by atoms with Crippen LogP contribution in [0.1, 0.15) is 101 Å². The van der Waals surface area contributed by atoms with Crippen molar-refractivity contribution in [1.82, 2.24) is 15.5 Å². The molecule has 0 amide bonds. The molecule has 4 rings (SSSR count). The first-order valence-corrected chi connectivity index (χ1v) is 22.3. The molecule has 4 heterocycles. The highest BCUT2D eigenvalue weighted by Crippen LogP contribution is 2.42. The Hall–Kier alpha value is -1.26. The van der Waals surface area contributed by atoms with Gasteiger partial charge in [-0.3, -0.25) is 15.0 Å². The summed E-state index contributed by atoms with van der Waals surface area (Å²) in [5.41, 5.74) is -4.30. The molecule has 4 aliphatic rings. The number of nitrogens with zero attached hydrogens (tertiary/aromatic N) is 1. The first-order chi connectivity index (χ1) is 28.4. The molecule has 0 aromatic carbocycles. The number of cyclic esters (lactones) is 1. The SMILES string of the molecule is CC[C@H]1OC(=O)[C@H](C)[C@@H](O[C@H]2C[C@@](C)(OC)C(CN3CCOCC3)[C@H](C)O2)[C@H](C)[C@@H](O[C@@H]2O[C@H](C)CC[C@H]2OC(NC)C(F)(F)F)[C@](C)(O)C[C@@H](C)CN[C@H](C)[C@@H](O)[C@]1(C)O. The van der Waals surface area contributed by atoms with Crippen LogP contribution in [0.3, 0.4) is 0 Å². The summed E-state index contributed by atoms with van der Waals surface area (Å²) in [5, 5.41) is 41.2. The maximum Gasteiger partial charge on any atom is 0.428 e. The molecular weight excluding hydrogens is 807 g/mol. The Morgan fingerprint density at radius 1 is 1.00 bits per heavy atom. The topological polar surface area (TPSA) is 179 Å². The number of alkyl halides is 3. The van der Waals surface area contributed by atoms with Gasteiger partial charge in [-0.25, -0.2) is 0 Å². The van der Waals surface area contributed by atoms with Gasteiger partial charge in [0.15, 0.2) is 12.6 Å². The normalized spacial score (nSPS) is 45.0. The molecule has 5 N–H and O–H groups in total. The molecule has 0 aromatic heterocycles. The first kappa shape index (κ1) is 52.4. The lowest BCUT2D eigenvalue weighted by Crippen LogP contribution is -2.60. The van der Waals surface area contributed by atoms with Crippen molar-refractivity contribution in [3.63, 3.8) is 0 Å². The largest absolute Gasteiger partial charge is 0.459 e. The van der Waals surface area contributed by atoms with E-state index in [1.54, 1.807) is 48.7 Å². The van der Waals surface area contributed by atoms with Gasteiger partial charge in [0.05, 0.1) is 54.7 Å². The number of methoxy groups -OCH3 is 1. The molecular formula is C43H78F3N3O12. The Morgan fingerprint density at radius 2 is 1.66 bits per heavy atom. The van der Waals surface area contributed by atoms with E-state index < -0.39 is 102 Å². The van der Waals surface area contributed by atoms with Crippen LogP contribution in [-0.4, -0.2) is 170 Å². The number of hydrogen-bond donors (Lipinski definition) is 5. The molecule has 4 aliphatic heterocycles. The minimum atomic E-state index is -4.73. The van der Waals surface area contributed by atoms with Crippen LogP contribution in [0, 0.1) is 23.7 Å². The molecule has 4 fully saturated rings. The predicted molar refractivity (Wildman–Crippen MR) is 219 cm³/mol. The van der Waals surface area contributed by atoms with Crippen LogP contribution in [0.15, 0.2) is 0 Å². The fourth-order valence-electron chi connectivity index (χ4n) is 9.85. The van der Waals surface area contributed by atoms with Gasteiger partial charge in [-0.05, 0) is 93.7 Å². The van der Waals surface area contributed by atoms with Gasteiger partial charge in [0, 0.05) is 51.0 Å². The third-order valence-corrected chi connectivity index (χ3v) is 13.7. The molecule has 0 aliphatic carbocycles. The average molecular weight is 886 g/mol. The van der Waals surface area contributed by atoms with Crippen molar-refractivity contribution in [1.29, 1.82) is 0 Å². The number of aliphatic hydroxyl groups is 3. The highest BCUT2D eigenvalue weighted by molar-refractivity contribution is 5.73. The van der Waals surface area contributed by atoms with Gasteiger partial charge >= 0.3 is 12.1 Å². The van der Waals surface area contributed by atoms with Crippen LogP contribution < -0.4 is 10.6 Å². The summed E-state index contributed by atoms with van der Waals surface area (Å²) >= 11 is 0. The Labute approximate surface area is 361 Å². The van der Waals surface area contributed by atoms with Crippen molar-refractivity contribution in [3.8, 4) is 0 Å². The summed E-state index contributed by atoms with van der Waals surface area (Å²) in [6, 6.07) is -0.656. The van der Waals surface area contributed by atoms with Crippen LogP contribution in [0.4, 0.5) is 13.2 Å². The number of carbonyl (C=O) groups is 1. The Balaban J connectivity index is 1.79. The number of halogens is 3. The quantitative estimate of drug-likeness (QED) is 0.150. The Kier molecular flexibility index (Phi) is 18.7. The lowest BCUT2D eigenvalue weighted by molar-refractivity contribution is -0.329. The Morgan fingerprint density at radius 3 is 2.25 bits per heavy atom. The third kappa shape index (κ3) is 13.2. The zero-order valence-electron chi connectivity index (χ0n) is 38.5. The standard InChI is InChI=1S/C43H78F3N3O12/c1-13-32-42(10,53)35(50)28(6)48-22-24(2)20-40(8,52)36(61-38-31(15-14-25(3)56-38)58-39(47-11)43(44,45)46)26(4)34(27(5)37(51)59-32)60-33-21-41(9,54-12)30(29(7)57-33)23-49-16-18-55-19-17-49/h24-36,38-39,47-48,50,52-53H,13-23H2,1-12H3/t24-,25-,26+,27-,28-,29+,30?,31-,32-,33+,34+,35-,36-,38+,39?,40-,41-,42-/m1/s1. The number of nitrogens with one attached hydrogen (secondary N) is 2. The van der Waals surface area contributed by atoms with E-state index >= 15 is 0 Å². The zero-order chi connectivity index (χ0) is 45.7. The molecule has 2 unspecified atom stereocenters. The summed E-state index contributed by atoms with van der Waals surface area (Å²) in [5.74, 6) is -3.03. The predicted octanol–water partition coefficient (Wildman–Crippen LogP) is 3.74. The van der Waals surface area contributed by atoms with E-state index in [-0.39, 0.29) is 43.6 Å². The second-order valence-corrected chi connectivity index (χ2v) is 19.0. The van der Waals surface area contributed by atoms with E-state index in [4.69, 9.17) is 37.9 Å². The number of morpholine rings is 1. The van der Waals surface area contributed by atoms with E-state index in [1.165, 1.54) is 6.92 Å². The molecule has 61 heavy (non-hydrogen) atoms. The van der Waals surface area contributed by atoms with Crippen molar-refractivity contribution in [2.24, 2.45) is 23.7 Å². The zero-order valence-corrected chi connectivity index (χ0v) is 38.5. The molecule has 18 heteroatoms. The van der Waals surface area contributed by atoms with Gasteiger partial charge < -0.3 is 58.5 Å². The smallest absolute Gasteiger partial charge is 0.428 e. The van der Waals surface area contributed by atoms with Crippen LogP contribution in [0.5, 0.6) is 0 Å². The molecule has 358 valence electrons. The van der Waals surface area contributed by atoms with Gasteiger partial charge in [-0.1, -0.05) is 20.8 Å². The minimum absolute atomic E-state index is 0.0584. The highest BCUT2D eigenvalue weighted by atomic mass is 19.4. The second kappa shape index (κ2) is 21.8. The number of carbonyl (C=O) groups excluding carboxylic acids is 1. The monoisotopic (exact) mass is 886 g/mol. The Bertz CT molecular complexity index is 1360. The maximum atomic E-state index is 14.4. The van der Waals surface area contributed by atoms with E-state index in [1.807, 2.05) is 20.8 Å². The van der Waals surface area contributed by atoms with E-state index in [2.05, 4.69) is 15.5 Å². The summed E-state index contributed by atoms with van der Waals surface area (Å²) in [6.07, 6.45) is -14.9. The summed E-state index contributed by atoms with van der Waals surface area (Å²) in [6.45, 7) is 21.3. The molecule has 4 saturated heterocycles. The minimum Gasteiger partial charge on any atom is -0.459 e. The fourth-order valence-corrected chi connectivity index (χ4v) is 9.85. The van der Waals surface area contributed by atoms with E-state index in [0.717, 1.165) is 20.1 Å². The number of hydrogen-bond acceptors (Lipinski definition) is 15. The van der Waals surface area contributed by atoms with Crippen LogP contribution in [-0.2, 0) is 42.7 Å². The van der Waals surface area contributed by atoms with Gasteiger partial charge in [0.1, 0.15) is 23.9 Å². The van der Waals surface area contributed by atoms with Gasteiger partial charge in [0.2, 0.25) is 6.23 Å². The van der Waals surface area contributed by atoms with Gasteiger partial charge in [0.25, 0.3) is 0 Å². The van der Waals surface area contributed by atoms with Crippen molar-refractivity contribution < 1.29 is 71.2 Å². The average Bonchev–Trinajstić information content (AvgIpc) is 3.19. The van der Waals surface area contributed by atoms with Crippen LogP contribution in [0.25, 0.3) is 0 Å².